The van der Waals surface area contributed by atoms with E-state index >= 15 is 0 Å². The maximum Gasteiger partial charge on any atom is 0.323 e. The number of hydrogen-bond acceptors (Lipinski definition) is 5. The van der Waals surface area contributed by atoms with Gasteiger partial charge < -0.3 is 9.52 Å². The minimum absolute atomic E-state index is 0.431. The average Bonchev–Trinajstić information content (AvgIpc) is 3.07. The molecule has 0 saturated carbocycles. The summed E-state index contributed by atoms with van der Waals surface area (Å²) in [5, 5.41) is 15.1. The number of aliphatic carboxylic acids is 1. The summed E-state index contributed by atoms with van der Waals surface area (Å²) in [5.41, 5.74) is -0.0894. The zero-order valence-electron chi connectivity index (χ0n) is 11.5. The Morgan fingerprint density at radius 2 is 2.40 bits per heavy atom. The van der Waals surface area contributed by atoms with Crippen molar-refractivity contribution in [2.75, 3.05) is 0 Å². The monoisotopic (exact) mass is 294 g/mol. The van der Waals surface area contributed by atoms with Gasteiger partial charge in [-0.15, -0.1) is 11.3 Å². The van der Waals surface area contributed by atoms with Crippen molar-refractivity contribution < 1.29 is 14.3 Å². The van der Waals surface area contributed by atoms with E-state index in [9.17, 15) is 9.90 Å². The van der Waals surface area contributed by atoms with E-state index in [1.165, 1.54) is 11.3 Å². The SMILES string of the molecule is CCCC(C)(NCc1csc(-c2ccco2)n1)C(=O)O. The Bertz CT molecular complexity index is 565. The average molecular weight is 294 g/mol. The third-order valence-corrected chi connectivity index (χ3v) is 4.07. The number of furan rings is 1. The maximum absolute atomic E-state index is 11.3. The summed E-state index contributed by atoms with van der Waals surface area (Å²) in [6.45, 7) is 4.11. The van der Waals surface area contributed by atoms with E-state index in [1.54, 1.807) is 13.2 Å². The van der Waals surface area contributed by atoms with E-state index in [0.29, 0.717) is 13.0 Å². The zero-order valence-corrected chi connectivity index (χ0v) is 12.4. The number of rotatable bonds is 7. The molecule has 108 valence electrons. The van der Waals surface area contributed by atoms with Crippen LogP contribution in [0.2, 0.25) is 0 Å². The van der Waals surface area contributed by atoms with Gasteiger partial charge in [-0.2, -0.15) is 0 Å². The summed E-state index contributed by atoms with van der Waals surface area (Å²) < 4.78 is 5.29. The molecule has 0 spiro atoms. The van der Waals surface area contributed by atoms with Crippen molar-refractivity contribution >= 4 is 17.3 Å². The minimum atomic E-state index is -0.913. The van der Waals surface area contributed by atoms with E-state index in [2.05, 4.69) is 10.3 Å². The normalized spacial score (nSPS) is 14.1. The Kier molecular flexibility index (Phi) is 4.57. The first-order valence-electron chi connectivity index (χ1n) is 6.52. The molecular weight excluding hydrogens is 276 g/mol. The molecular formula is C14H18N2O3S. The molecule has 5 nitrogen and oxygen atoms in total. The fourth-order valence-electron chi connectivity index (χ4n) is 1.96. The molecule has 1 unspecified atom stereocenters. The number of thiazole rings is 1. The van der Waals surface area contributed by atoms with Crippen LogP contribution in [0.25, 0.3) is 10.8 Å². The Balaban J connectivity index is 2.02. The number of nitrogens with one attached hydrogen (secondary N) is 1. The van der Waals surface area contributed by atoms with Gasteiger partial charge in [-0.05, 0) is 25.5 Å². The summed E-state index contributed by atoms with van der Waals surface area (Å²) in [6, 6.07) is 3.67. The van der Waals surface area contributed by atoms with Gasteiger partial charge >= 0.3 is 5.97 Å². The third-order valence-electron chi connectivity index (χ3n) is 3.17. The van der Waals surface area contributed by atoms with Gasteiger partial charge in [-0.3, -0.25) is 10.1 Å². The standard InChI is InChI=1S/C14H18N2O3S/c1-3-6-14(2,13(17)18)15-8-10-9-20-12(16-10)11-5-4-7-19-11/h4-5,7,9,15H,3,6,8H2,1-2H3,(H,17,18). The zero-order chi connectivity index (χ0) is 14.6. The van der Waals surface area contributed by atoms with Crippen molar-refractivity contribution in [1.82, 2.24) is 10.3 Å². The molecule has 20 heavy (non-hydrogen) atoms. The lowest BCUT2D eigenvalue weighted by Crippen LogP contribution is -2.48. The van der Waals surface area contributed by atoms with Crippen LogP contribution in [0.1, 0.15) is 32.4 Å². The summed E-state index contributed by atoms with van der Waals surface area (Å²) in [6.07, 6.45) is 3.00. The molecule has 2 aromatic rings. The number of carbonyl (C=O) groups is 1. The lowest BCUT2D eigenvalue weighted by Gasteiger charge is -2.25. The van der Waals surface area contributed by atoms with Gasteiger partial charge in [0.15, 0.2) is 10.8 Å². The predicted molar refractivity (Wildman–Crippen MR) is 77.6 cm³/mol. The molecule has 0 amide bonds. The van der Waals surface area contributed by atoms with Crippen LogP contribution in [0.5, 0.6) is 0 Å². The molecule has 0 aliphatic heterocycles. The second-order valence-electron chi connectivity index (χ2n) is 4.86. The smallest absolute Gasteiger partial charge is 0.323 e. The summed E-state index contributed by atoms with van der Waals surface area (Å²) in [4.78, 5) is 15.8. The molecule has 0 radical (unpaired) electrons. The number of aromatic nitrogens is 1. The first-order valence-corrected chi connectivity index (χ1v) is 7.40. The van der Waals surface area contributed by atoms with Crippen molar-refractivity contribution in [3.63, 3.8) is 0 Å². The number of nitrogens with zero attached hydrogens (tertiary/aromatic N) is 1. The van der Waals surface area contributed by atoms with Crippen LogP contribution < -0.4 is 5.32 Å². The van der Waals surface area contributed by atoms with Crippen LogP contribution in [0.15, 0.2) is 28.2 Å². The van der Waals surface area contributed by atoms with Gasteiger partial charge in [0.25, 0.3) is 0 Å². The van der Waals surface area contributed by atoms with Gasteiger partial charge in [-0.1, -0.05) is 13.3 Å². The van der Waals surface area contributed by atoms with Crippen molar-refractivity contribution in [3.8, 4) is 10.8 Å². The Morgan fingerprint density at radius 1 is 1.60 bits per heavy atom. The van der Waals surface area contributed by atoms with E-state index < -0.39 is 11.5 Å². The van der Waals surface area contributed by atoms with Gasteiger partial charge in [-0.25, -0.2) is 4.98 Å². The van der Waals surface area contributed by atoms with Crippen molar-refractivity contribution in [2.24, 2.45) is 0 Å². The number of hydrogen-bond donors (Lipinski definition) is 2. The van der Waals surface area contributed by atoms with Crippen molar-refractivity contribution in [1.29, 1.82) is 0 Å². The van der Waals surface area contributed by atoms with Gasteiger partial charge in [0, 0.05) is 11.9 Å². The summed E-state index contributed by atoms with van der Waals surface area (Å²) >= 11 is 1.49. The molecule has 0 aliphatic rings. The summed E-state index contributed by atoms with van der Waals surface area (Å²) in [5.74, 6) is -0.100. The third kappa shape index (κ3) is 3.26. The van der Waals surface area contributed by atoms with Crippen molar-refractivity contribution in [3.05, 3.63) is 29.5 Å². The van der Waals surface area contributed by atoms with Crippen LogP contribution in [-0.2, 0) is 11.3 Å². The first kappa shape index (κ1) is 14.7. The predicted octanol–water partition coefficient (Wildman–Crippen LogP) is 3.14. The maximum atomic E-state index is 11.3. The molecule has 0 bridgehead atoms. The molecule has 6 heteroatoms. The number of carboxylic acid groups (broad SMARTS) is 1. The quantitative estimate of drug-likeness (QED) is 0.820. The van der Waals surface area contributed by atoms with E-state index in [4.69, 9.17) is 4.42 Å². The molecule has 2 rings (SSSR count). The lowest BCUT2D eigenvalue weighted by atomic mass is 9.96. The first-order chi connectivity index (χ1) is 9.55. The highest BCUT2D eigenvalue weighted by molar-refractivity contribution is 7.13. The number of carboxylic acids is 1. The molecule has 1 atom stereocenters. The van der Waals surface area contributed by atoms with E-state index in [1.807, 2.05) is 24.4 Å². The second kappa shape index (κ2) is 6.19. The van der Waals surface area contributed by atoms with Crippen LogP contribution in [0.4, 0.5) is 0 Å². The fraction of sp³-hybridized carbons (Fsp3) is 0.429. The second-order valence-corrected chi connectivity index (χ2v) is 5.72. The molecule has 0 fully saturated rings. The highest BCUT2D eigenvalue weighted by Gasteiger charge is 2.31. The molecule has 0 aromatic carbocycles. The highest BCUT2D eigenvalue weighted by atomic mass is 32.1. The van der Waals surface area contributed by atoms with Gasteiger partial charge in [0.05, 0.1) is 12.0 Å². The Morgan fingerprint density at radius 3 is 3.00 bits per heavy atom. The lowest BCUT2D eigenvalue weighted by molar-refractivity contribution is -0.144. The highest BCUT2D eigenvalue weighted by Crippen LogP contribution is 2.24. The topological polar surface area (TPSA) is 75.4 Å². The van der Waals surface area contributed by atoms with Gasteiger partial charge in [0.1, 0.15) is 5.54 Å². The fourth-order valence-corrected chi connectivity index (χ4v) is 2.74. The largest absolute Gasteiger partial charge is 0.480 e. The Hall–Kier alpha value is -1.66. The van der Waals surface area contributed by atoms with Gasteiger partial charge in [0.2, 0.25) is 0 Å². The van der Waals surface area contributed by atoms with Crippen LogP contribution >= 0.6 is 11.3 Å². The molecule has 0 saturated heterocycles. The van der Waals surface area contributed by atoms with Crippen LogP contribution in [0, 0.1) is 0 Å². The van der Waals surface area contributed by atoms with Crippen LogP contribution in [-0.4, -0.2) is 21.6 Å². The Labute approximate surface area is 121 Å². The molecule has 2 aromatic heterocycles. The molecule has 0 aliphatic carbocycles. The summed E-state index contributed by atoms with van der Waals surface area (Å²) in [7, 11) is 0. The van der Waals surface area contributed by atoms with E-state index in [0.717, 1.165) is 22.9 Å². The molecule has 2 N–H and O–H groups in total. The minimum Gasteiger partial charge on any atom is -0.480 e. The van der Waals surface area contributed by atoms with Crippen LogP contribution in [0.3, 0.4) is 0 Å². The van der Waals surface area contributed by atoms with Crippen molar-refractivity contribution in [2.45, 2.75) is 38.8 Å². The van der Waals surface area contributed by atoms with E-state index in [-0.39, 0.29) is 0 Å². The molecule has 2 heterocycles.